The van der Waals surface area contributed by atoms with Crippen LogP contribution in [0.3, 0.4) is 0 Å². The molecule has 0 bridgehead atoms. The quantitative estimate of drug-likeness (QED) is 0.808. The van der Waals surface area contributed by atoms with Crippen molar-refractivity contribution in [1.82, 2.24) is 15.3 Å². The number of methoxy groups -OCH3 is 2. The van der Waals surface area contributed by atoms with Gasteiger partial charge in [-0.1, -0.05) is 19.3 Å². The summed E-state index contributed by atoms with van der Waals surface area (Å²) >= 11 is 0. The van der Waals surface area contributed by atoms with Crippen LogP contribution in [0.25, 0.3) is 0 Å². The van der Waals surface area contributed by atoms with Crippen LogP contribution in [-0.2, 0) is 0 Å². The van der Waals surface area contributed by atoms with Crippen LogP contribution in [0.5, 0.6) is 11.5 Å². The van der Waals surface area contributed by atoms with Gasteiger partial charge in [-0.3, -0.25) is 4.79 Å². The molecule has 0 aliphatic heterocycles. The van der Waals surface area contributed by atoms with Gasteiger partial charge in [0.15, 0.2) is 0 Å². The lowest BCUT2D eigenvalue weighted by Gasteiger charge is -2.22. The summed E-state index contributed by atoms with van der Waals surface area (Å²) in [6.07, 6.45) is 5.64. The lowest BCUT2D eigenvalue weighted by molar-refractivity contribution is 0.0922. The molecule has 1 aliphatic carbocycles. The minimum absolute atomic E-state index is 0.155. The Morgan fingerprint density at radius 2 is 1.85 bits per heavy atom. The number of nitrogens with zero attached hydrogens (tertiary/aromatic N) is 2. The fourth-order valence-electron chi connectivity index (χ4n) is 3.27. The van der Waals surface area contributed by atoms with E-state index in [1.54, 1.807) is 26.4 Å². The number of amides is 1. The molecule has 3 rings (SSSR count). The third-order valence-corrected chi connectivity index (χ3v) is 4.68. The van der Waals surface area contributed by atoms with Crippen molar-refractivity contribution in [2.45, 2.75) is 45.1 Å². The fraction of sp³-hybridized carbons (Fsp3) is 0.450. The SMILES string of the molecule is COc1ccc(Nc2nc(C)cc(C(=O)NC3CCCCC3)n2)c(OC)c1. The molecule has 0 radical (unpaired) electrons. The number of benzene rings is 1. The summed E-state index contributed by atoms with van der Waals surface area (Å²) in [6.45, 7) is 1.84. The van der Waals surface area contributed by atoms with Gasteiger partial charge in [-0.05, 0) is 38.0 Å². The van der Waals surface area contributed by atoms with Crippen molar-refractivity contribution in [3.8, 4) is 11.5 Å². The number of aryl methyl sites for hydroxylation is 1. The van der Waals surface area contributed by atoms with E-state index < -0.39 is 0 Å². The number of carbonyl (C=O) groups is 1. The van der Waals surface area contributed by atoms with E-state index in [0.717, 1.165) is 25.7 Å². The molecule has 1 amide bonds. The first-order valence-corrected chi connectivity index (χ1v) is 9.24. The van der Waals surface area contributed by atoms with E-state index >= 15 is 0 Å². The minimum Gasteiger partial charge on any atom is -0.497 e. The zero-order valence-corrected chi connectivity index (χ0v) is 16.0. The molecule has 0 unspecified atom stereocenters. The topological polar surface area (TPSA) is 85.4 Å². The van der Waals surface area contributed by atoms with Crippen LogP contribution in [0.2, 0.25) is 0 Å². The summed E-state index contributed by atoms with van der Waals surface area (Å²) in [5.41, 5.74) is 1.78. The Balaban J connectivity index is 1.78. The summed E-state index contributed by atoms with van der Waals surface area (Å²) in [6, 6.07) is 7.35. The van der Waals surface area contributed by atoms with E-state index in [9.17, 15) is 4.79 Å². The van der Waals surface area contributed by atoms with Crippen molar-refractivity contribution in [2.24, 2.45) is 0 Å². The second-order valence-corrected chi connectivity index (χ2v) is 6.72. The monoisotopic (exact) mass is 370 g/mol. The van der Waals surface area contributed by atoms with Crippen LogP contribution in [-0.4, -0.2) is 36.1 Å². The van der Waals surface area contributed by atoms with Gasteiger partial charge < -0.3 is 20.1 Å². The van der Waals surface area contributed by atoms with Gasteiger partial charge in [0.05, 0.1) is 19.9 Å². The zero-order valence-electron chi connectivity index (χ0n) is 16.0. The number of aromatic nitrogens is 2. The van der Waals surface area contributed by atoms with Crippen molar-refractivity contribution in [1.29, 1.82) is 0 Å². The Morgan fingerprint density at radius 1 is 1.07 bits per heavy atom. The van der Waals surface area contributed by atoms with Gasteiger partial charge in [-0.25, -0.2) is 9.97 Å². The molecule has 1 saturated carbocycles. The van der Waals surface area contributed by atoms with Crippen molar-refractivity contribution < 1.29 is 14.3 Å². The van der Waals surface area contributed by atoms with E-state index in [-0.39, 0.29) is 11.9 Å². The largest absolute Gasteiger partial charge is 0.497 e. The predicted octanol–water partition coefficient (Wildman–Crippen LogP) is 3.61. The molecule has 0 atom stereocenters. The van der Waals surface area contributed by atoms with Crippen molar-refractivity contribution >= 4 is 17.5 Å². The molecule has 1 heterocycles. The lowest BCUT2D eigenvalue weighted by atomic mass is 9.95. The van der Waals surface area contributed by atoms with Crippen LogP contribution >= 0.6 is 0 Å². The van der Waals surface area contributed by atoms with E-state index in [0.29, 0.717) is 34.5 Å². The van der Waals surface area contributed by atoms with Crippen molar-refractivity contribution in [2.75, 3.05) is 19.5 Å². The molecule has 144 valence electrons. The van der Waals surface area contributed by atoms with E-state index in [2.05, 4.69) is 20.6 Å². The molecule has 2 N–H and O–H groups in total. The standard InChI is InChI=1S/C20H26N4O3/c1-13-11-17(19(25)22-14-7-5-4-6-8-14)24-20(21-13)23-16-10-9-15(26-2)12-18(16)27-3/h9-12,14H,4-8H2,1-3H3,(H,22,25)(H,21,23,24). The van der Waals surface area contributed by atoms with Crippen LogP contribution in [0.1, 0.15) is 48.3 Å². The number of carbonyl (C=O) groups excluding carboxylic acids is 1. The molecular formula is C20H26N4O3. The number of hydrogen-bond acceptors (Lipinski definition) is 6. The molecule has 1 aromatic heterocycles. The normalized spacial score (nSPS) is 14.5. The Hall–Kier alpha value is -2.83. The molecule has 2 aromatic rings. The molecule has 1 aliphatic rings. The highest BCUT2D eigenvalue weighted by Gasteiger charge is 2.18. The van der Waals surface area contributed by atoms with Gasteiger partial charge >= 0.3 is 0 Å². The minimum atomic E-state index is -0.155. The van der Waals surface area contributed by atoms with Crippen LogP contribution in [0.15, 0.2) is 24.3 Å². The van der Waals surface area contributed by atoms with Gasteiger partial charge in [-0.15, -0.1) is 0 Å². The van der Waals surface area contributed by atoms with Gasteiger partial charge in [-0.2, -0.15) is 0 Å². The molecule has 7 heteroatoms. The van der Waals surface area contributed by atoms with Gasteiger partial charge in [0.2, 0.25) is 5.95 Å². The first kappa shape index (κ1) is 18.9. The van der Waals surface area contributed by atoms with Crippen molar-refractivity contribution in [3.63, 3.8) is 0 Å². The molecule has 7 nitrogen and oxygen atoms in total. The van der Waals surface area contributed by atoms with Gasteiger partial charge in [0.25, 0.3) is 5.91 Å². The Kier molecular flexibility index (Phi) is 6.11. The maximum atomic E-state index is 12.6. The zero-order chi connectivity index (χ0) is 19.2. The maximum absolute atomic E-state index is 12.6. The summed E-state index contributed by atoms with van der Waals surface area (Å²) in [4.78, 5) is 21.4. The average Bonchev–Trinajstić information content (AvgIpc) is 2.68. The first-order chi connectivity index (χ1) is 13.1. The highest BCUT2D eigenvalue weighted by molar-refractivity contribution is 5.93. The summed E-state index contributed by atoms with van der Waals surface area (Å²) in [5.74, 6) is 1.49. The number of ether oxygens (including phenoxy) is 2. The first-order valence-electron chi connectivity index (χ1n) is 9.24. The van der Waals surface area contributed by atoms with Crippen molar-refractivity contribution in [3.05, 3.63) is 35.7 Å². The summed E-state index contributed by atoms with van der Waals surface area (Å²) in [5, 5.41) is 6.22. The highest BCUT2D eigenvalue weighted by atomic mass is 16.5. The molecular weight excluding hydrogens is 344 g/mol. The average molecular weight is 370 g/mol. The van der Waals surface area contributed by atoms with E-state index in [1.807, 2.05) is 19.1 Å². The highest BCUT2D eigenvalue weighted by Crippen LogP contribution is 2.30. The van der Waals surface area contributed by atoms with Crippen LogP contribution in [0.4, 0.5) is 11.6 Å². The third kappa shape index (κ3) is 4.87. The van der Waals surface area contributed by atoms with E-state index in [1.165, 1.54) is 6.42 Å². The molecule has 1 fully saturated rings. The number of anilines is 2. The lowest BCUT2D eigenvalue weighted by Crippen LogP contribution is -2.36. The molecule has 1 aromatic carbocycles. The van der Waals surface area contributed by atoms with Crippen LogP contribution < -0.4 is 20.1 Å². The Bertz CT molecular complexity index is 804. The molecule has 27 heavy (non-hydrogen) atoms. The number of nitrogens with one attached hydrogen (secondary N) is 2. The van der Waals surface area contributed by atoms with E-state index in [4.69, 9.17) is 9.47 Å². The third-order valence-electron chi connectivity index (χ3n) is 4.68. The number of rotatable bonds is 6. The summed E-state index contributed by atoms with van der Waals surface area (Å²) in [7, 11) is 3.18. The van der Waals surface area contributed by atoms with Crippen LogP contribution in [0, 0.1) is 6.92 Å². The van der Waals surface area contributed by atoms with Gasteiger partial charge in [0.1, 0.15) is 17.2 Å². The predicted molar refractivity (Wildman–Crippen MR) is 104 cm³/mol. The fourth-order valence-corrected chi connectivity index (χ4v) is 3.27. The molecule has 0 saturated heterocycles. The Labute approximate surface area is 159 Å². The van der Waals surface area contributed by atoms with Gasteiger partial charge in [0, 0.05) is 17.8 Å². The second-order valence-electron chi connectivity index (χ2n) is 6.72. The molecule has 0 spiro atoms. The smallest absolute Gasteiger partial charge is 0.270 e. The Morgan fingerprint density at radius 3 is 2.56 bits per heavy atom. The maximum Gasteiger partial charge on any atom is 0.270 e. The number of hydrogen-bond donors (Lipinski definition) is 2. The second kappa shape index (κ2) is 8.70. The summed E-state index contributed by atoms with van der Waals surface area (Å²) < 4.78 is 10.6.